The van der Waals surface area contributed by atoms with Crippen molar-refractivity contribution in [3.05, 3.63) is 36.5 Å². The van der Waals surface area contributed by atoms with Crippen molar-refractivity contribution in [3.8, 4) is 5.88 Å². The summed E-state index contributed by atoms with van der Waals surface area (Å²) in [5, 5.41) is 2.30. The molecule has 0 spiro atoms. The zero-order valence-corrected chi connectivity index (χ0v) is 12.2. The van der Waals surface area contributed by atoms with Gasteiger partial charge in [-0.3, -0.25) is 4.90 Å². The van der Waals surface area contributed by atoms with E-state index in [-0.39, 0.29) is 6.10 Å². The van der Waals surface area contributed by atoms with Gasteiger partial charge in [0.1, 0.15) is 6.10 Å². The zero-order chi connectivity index (χ0) is 13.9. The molecule has 0 amide bonds. The normalized spacial score (nSPS) is 23.3. The van der Waals surface area contributed by atoms with Crippen LogP contribution in [0.4, 0.5) is 0 Å². The number of hydrogen-bond donors (Lipinski definition) is 0. The van der Waals surface area contributed by atoms with Gasteiger partial charge in [0.05, 0.1) is 0 Å². The largest absolute Gasteiger partial charge is 0.472 e. The lowest BCUT2D eigenvalue weighted by molar-refractivity contribution is 0.195. The molecule has 2 atom stereocenters. The van der Waals surface area contributed by atoms with Crippen molar-refractivity contribution in [2.75, 3.05) is 13.1 Å². The maximum absolute atomic E-state index is 6.20. The van der Waals surface area contributed by atoms with Gasteiger partial charge in [-0.05, 0) is 30.5 Å². The standard InChI is InChI=1S/C17H22N2O/c1-3-14-11-15(12-19(14)4-2)20-17-16-8-6-5-7-13(16)9-10-18-17/h5-10,14-15H,3-4,11-12H2,1-2H3. The summed E-state index contributed by atoms with van der Waals surface area (Å²) in [7, 11) is 0. The van der Waals surface area contributed by atoms with Gasteiger partial charge in [-0.15, -0.1) is 0 Å². The number of aromatic nitrogens is 1. The van der Waals surface area contributed by atoms with E-state index < -0.39 is 0 Å². The van der Waals surface area contributed by atoms with Crippen molar-refractivity contribution in [1.82, 2.24) is 9.88 Å². The number of fused-ring (bicyclic) bond motifs is 1. The van der Waals surface area contributed by atoms with E-state index in [1.807, 2.05) is 24.4 Å². The number of ether oxygens (including phenoxy) is 1. The van der Waals surface area contributed by atoms with E-state index in [1.54, 1.807) is 0 Å². The summed E-state index contributed by atoms with van der Waals surface area (Å²) in [6, 6.07) is 11.0. The monoisotopic (exact) mass is 270 g/mol. The van der Waals surface area contributed by atoms with E-state index in [4.69, 9.17) is 4.74 Å². The quantitative estimate of drug-likeness (QED) is 0.850. The van der Waals surface area contributed by atoms with Crippen LogP contribution in [-0.4, -0.2) is 35.1 Å². The van der Waals surface area contributed by atoms with Crippen LogP contribution in [0, 0.1) is 0 Å². The highest BCUT2D eigenvalue weighted by Gasteiger charge is 2.31. The van der Waals surface area contributed by atoms with Crippen molar-refractivity contribution in [2.45, 2.75) is 38.8 Å². The average molecular weight is 270 g/mol. The first kappa shape index (κ1) is 13.4. The SMILES string of the molecule is CCC1CC(Oc2nccc3ccccc23)CN1CC. The Hall–Kier alpha value is -1.61. The topological polar surface area (TPSA) is 25.4 Å². The number of rotatable bonds is 4. The highest BCUT2D eigenvalue weighted by molar-refractivity contribution is 5.86. The third-order valence-corrected chi connectivity index (χ3v) is 4.28. The molecular weight excluding hydrogens is 248 g/mol. The molecule has 0 aliphatic carbocycles. The van der Waals surface area contributed by atoms with Crippen molar-refractivity contribution in [1.29, 1.82) is 0 Å². The highest BCUT2D eigenvalue weighted by atomic mass is 16.5. The van der Waals surface area contributed by atoms with Crippen LogP contribution >= 0.6 is 0 Å². The minimum absolute atomic E-state index is 0.262. The van der Waals surface area contributed by atoms with Crippen LogP contribution in [0.15, 0.2) is 36.5 Å². The molecule has 1 aromatic carbocycles. The Morgan fingerprint density at radius 1 is 1.25 bits per heavy atom. The summed E-state index contributed by atoms with van der Waals surface area (Å²) in [5.74, 6) is 0.779. The minimum Gasteiger partial charge on any atom is -0.472 e. The van der Waals surface area contributed by atoms with Crippen molar-refractivity contribution >= 4 is 10.8 Å². The molecule has 2 aromatic rings. The van der Waals surface area contributed by atoms with Crippen molar-refractivity contribution < 1.29 is 4.74 Å². The molecule has 0 radical (unpaired) electrons. The zero-order valence-electron chi connectivity index (χ0n) is 12.2. The van der Waals surface area contributed by atoms with E-state index in [9.17, 15) is 0 Å². The van der Waals surface area contributed by atoms with Crippen LogP contribution in [0.5, 0.6) is 5.88 Å². The molecule has 3 rings (SSSR count). The fourth-order valence-electron chi connectivity index (χ4n) is 3.18. The summed E-state index contributed by atoms with van der Waals surface area (Å²) in [4.78, 5) is 6.94. The van der Waals surface area contributed by atoms with Crippen molar-refractivity contribution in [2.24, 2.45) is 0 Å². The molecular formula is C17H22N2O. The first-order valence-electron chi connectivity index (χ1n) is 7.56. The number of pyridine rings is 1. The van der Waals surface area contributed by atoms with Crippen LogP contribution in [0.2, 0.25) is 0 Å². The average Bonchev–Trinajstić information content (AvgIpc) is 2.90. The van der Waals surface area contributed by atoms with Crippen molar-refractivity contribution in [3.63, 3.8) is 0 Å². The molecule has 2 unspecified atom stereocenters. The van der Waals surface area contributed by atoms with Crippen LogP contribution in [0.1, 0.15) is 26.7 Å². The molecule has 20 heavy (non-hydrogen) atoms. The van der Waals surface area contributed by atoms with Crippen LogP contribution < -0.4 is 4.74 Å². The van der Waals surface area contributed by atoms with E-state index >= 15 is 0 Å². The molecule has 0 N–H and O–H groups in total. The van der Waals surface area contributed by atoms with Gasteiger partial charge >= 0.3 is 0 Å². The summed E-state index contributed by atoms with van der Waals surface area (Å²) in [6.07, 6.45) is 4.39. The molecule has 3 heteroatoms. The minimum atomic E-state index is 0.262. The Bertz CT molecular complexity index is 567. The van der Waals surface area contributed by atoms with Gasteiger partial charge in [-0.25, -0.2) is 4.98 Å². The molecule has 1 fully saturated rings. The summed E-state index contributed by atoms with van der Waals surface area (Å²) in [6.45, 7) is 6.59. The van der Waals surface area contributed by atoms with Gasteiger partial charge in [0.2, 0.25) is 5.88 Å². The predicted octanol–water partition coefficient (Wildman–Crippen LogP) is 3.49. The lowest BCUT2D eigenvalue weighted by Gasteiger charge is -2.20. The molecule has 0 saturated carbocycles. The Morgan fingerprint density at radius 2 is 2.10 bits per heavy atom. The van der Waals surface area contributed by atoms with Crippen LogP contribution in [0.25, 0.3) is 10.8 Å². The predicted molar refractivity (Wildman–Crippen MR) is 82.1 cm³/mol. The first-order valence-corrected chi connectivity index (χ1v) is 7.56. The lowest BCUT2D eigenvalue weighted by atomic mass is 10.1. The number of likely N-dealkylation sites (N-methyl/N-ethyl adjacent to an activating group) is 1. The Balaban J connectivity index is 1.80. The molecule has 2 heterocycles. The Labute approximate surface area is 120 Å². The third-order valence-electron chi connectivity index (χ3n) is 4.28. The second-order valence-corrected chi connectivity index (χ2v) is 5.46. The van der Waals surface area contributed by atoms with Gasteiger partial charge in [-0.2, -0.15) is 0 Å². The van der Waals surface area contributed by atoms with E-state index in [0.29, 0.717) is 6.04 Å². The Kier molecular flexibility index (Phi) is 3.88. The molecule has 1 aliphatic heterocycles. The van der Waals surface area contributed by atoms with Gasteiger partial charge in [0.15, 0.2) is 0 Å². The van der Waals surface area contributed by atoms with Gasteiger partial charge in [-0.1, -0.05) is 32.0 Å². The number of nitrogens with zero attached hydrogens (tertiary/aromatic N) is 2. The van der Waals surface area contributed by atoms with Gasteiger partial charge < -0.3 is 4.74 Å². The van der Waals surface area contributed by atoms with E-state index in [0.717, 1.165) is 30.8 Å². The number of benzene rings is 1. The highest BCUT2D eigenvalue weighted by Crippen LogP contribution is 2.28. The maximum atomic E-state index is 6.20. The fourth-order valence-corrected chi connectivity index (χ4v) is 3.18. The lowest BCUT2D eigenvalue weighted by Crippen LogP contribution is -2.29. The summed E-state index contributed by atoms with van der Waals surface area (Å²) >= 11 is 0. The fraction of sp³-hybridized carbons (Fsp3) is 0.471. The van der Waals surface area contributed by atoms with E-state index in [2.05, 4.69) is 35.9 Å². The van der Waals surface area contributed by atoms with Gasteiger partial charge in [0, 0.05) is 30.6 Å². The first-order chi connectivity index (χ1) is 9.81. The molecule has 0 bridgehead atoms. The van der Waals surface area contributed by atoms with Crippen LogP contribution in [0.3, 0.4) is 0 Å². The molecule has 1 aromatic heterocycles. The van der Waals surface area contributed by atoms with E-state index in [1.165, 1.54) is 11.8 Å². The smallest absolute Gasteiger partial charge is 0.221 e. The molecule has 106 valence electrons. The summed E-state index contributed by atoms with van der Waals surface area (Å²) < 4.78 is 6.20. The number of likely N-dealkylation sites (tertiary alicyclic amines) is 1. The Morgan fingerprint density at radius 3 is 2.85 bits per heavy atom. The van der Waals surface area contributed by atoms with Gasteiger partial charge in [0.25, 0.3) is 0 Å². The second kappa shape index (κ2) is 5.80. The summed E-state index contributed by atoms with van der Waals surface area (Å²) in [5.41, 5.74) is 0. The maximum Gasteiger partial charge on any atom is 0.221 e. The van der Waals surface area contributed by atoms with Crippen LogP contribution in [-0.2, 0) is 0 Å². The molecule has 1 aliphatic rings. The number of hydrogen-bond acceptors (Lipinski definition) is 3. The molecule has 3 nitrogen and oxygen atoms in total. The third kappa shape index (κ3) is 2.50. The molecule has 1 saturated heterocycles. The second-order valence-electron chi connectivity index (χ2n) is 5.46.